The highest BCUT2D eigenvalue weighted by molar-refractivity contribution is 9.28. The second kappa shape index (κ2) is 4.71. The summed E-state index contributed by atoms with van der Waals surface area (Å²) < 4.78 is 12.4. The van der Waals surface area contributed by atoms with E-state index in [0.717, 1.165) is 26.0 Å². The number of pyridine rings is 1. The van der Waals surface area contributed by atoms with Gasteiger partial charge in [0.25, 0.3) is 0 Å². The van der Waals surface area contributed by atoms with Gasteiger partial charge in [0.2, 0.25) is 5.79 Å². The summed E-state index contributed by atoms with van der Waals surface area (Å²) in [5.41, 5.74) is 2.91. The number of ether oxygens (including phenoxy) is 2. The number of aromatic nitrogens is 1. The van der Waals surface area contributed by atoms with E-state index < -0.39 is 5.79 Å². The Morgan fingerprint density at radius 2 is 2.18 bits per heavy atom. The molecule has 1 aliphatic rings. The standard InChI is InChI=1S/C12H13Br2NO2/c1-7-11-9(6-16-12(2,3)17-11)8(5-15-7)4-10(13)14/h4-5H,6H2,1-3H3. The normalized spacial score (nSPS) is 17.0. The first-order valence-electron chi connectivity index (χ1n) is 5.23. The van der Waals surface area contributed by atoms with Crippen LogP contribution < -0.4 is 4.74 Å². The van der Waals surface area contributed by atoms with Crippen LogP contribution in [0.25, 0.3) is 6.08 Å². The third kappa shape index (κ3) is 2.89. The molecule has 0 aliphatic carbocycles. The zero-order chi connectivity index (χ0) is 12.6. The highest BCUT2D eigenvalue weighted by Crippen LogP contribution is 2.36. The minimum Gasteiger partial charge on any atom is -0.461 e. The fourth-order valence-corrected chi connectivity index (χ4v) is 2.19. The Hall–Kier alpha value is -0.390. The van der Waals surface area contributed by atoms with Crippen LogP contribution in [-0.4, -0.2) is 10.8 Å². The van der Waals surface area contributed by atoms with Crippen molar-refractivity contribution in [2.24, 2.45) is 0 Å². The van der Waals surface area contributed by atoms with Gasteiger partial charge in [0.15, 0.2) is 0 Å². The largest absolute Gasteiger partial charge is 0.461 e. The van der Waals surface area contributed by atoms with Crippen LogP contribution >= 0.6 is 31.9 Å². The van der Waals surface area contributed by atoms with Crippen LogP contribution in [0.1, 0.15) is 30.7 Å². The molecule has 0 N–H and O–H groups in total. The van der Waals surface area contributed by atoms with Crippen LogP contribution in [0.15, 0.2) is 9.59 Å². The number of halogens is 2. The van der Waals surface area contributed by atoms with Gasteiger partial charge in [-0.2, -0.15) is 0 Å². The minimum atomic E-state index is -0.590. The van der Waals surface area contributed by atoms with Crippen LogP contribution in [0.2, 0.25) is 0 Å². The van der Waals surface area contributed by atoms with Crippen molar-refractivity contribution in [2.75, 3.05) is 0 Å². The van der Waals surface area contributed by atoms with Gasteiger partial charge >= 0.3 is 0 Å². The first kappa shape index (κ1) is 13.1. The number of rotatable bonds is 1. The Kier molecular flexibility index (Phi) is 3.61. The molecular formula is C12H13Br2NO2. The molecular weight excluding hydrogens is 350 g/mol. The third-order valence-electron chi connectivity index (χ3n) is 2.53. The average Bonchev–Trinajstić information content (AvgIpc) is 2.21. The maximum absolute atomic E-state index is 5.83. The molecule has 2 rings (SSSR count). The van der Waals surface area contributed by atoms with Gasteiger partial charge in [-0.15, -0.1) is 0 Å². The van der Waals surface area contributed by atoms with Crippen molar-refractivity contribution in [1.82, 2.24) is 4.98 Å². The van der Waals surface area contributed by atoms with Crippen molar-refractivity contribution in [2.45, 2.75) is 33.2 Å². The molecule has 0 spiro atoms. The molecule has 0 fully saturated rings. The summed E-state index contributed by atoms with van der Waals surface area (Å²) >= 11 is 6.70. The Labute approximate surface area is 117 Å². The van der Waals surface area contributed by atoms with Crippen LogP contribution in [-0.2, 0) is 11.3 Å². The number of nitrogens with zero attached hydrogens (tertiary/aromatic N) is 1. The SMILES string of the molecule is Cc1ncc(C=C(Br)Br)c2c1OC(C)(C)OC2. The maximum atomic E-state index is 5.83. The summed E-state index contributed by atoms with van der Waals surface area (Å²) in [6.07, 6.45) is 3.76. The van der Waals surface area contributed by atoms with Gasteiger partial charge in [-0.3, -0.25) is 4.98 Å². The third-order valence-corrected chi connectivity index (χ3v) is 2.98. The number of hydrogen-bond acceptors (Lipinski definition) is 3. The van der Waals surface area contributed by atoms with E-state index >= 15 is 0 Å². The maximum Gasteiger partial charge on any atom is 0.205 e. The van der Waals surface area contributed by atoms with E-state index in [0.29, 0.717) is 6.61 Å². The monoisotopic (exact) mass is 361 g/mol. The van der Waals surface area contributed by atoms with Gasteiger partial charge in [-0.05, 0) is 44.9 Å². The summed E-state index contributed by atoms with van der Waals surface area (Å²) in [5.74, 6) is 0.240. The van der Waals surface area contributed by atoms with Gasteiger partial charge in [0, 0.05) is 31.2 Å². The van der Waals surface area contributed by atoms with E-state index in [1.807, 2.05) is 33.0 Å². The smallest absolute Gasteiger partial charge is 0.205 e. The van der Waals surface area contributed by atoms with Gasteiger partial charge in [-0.25, -0.2) is 0 Å². The molecule has 1 aliphatic heterocycles. The molecule has 0 unspecified atom stereocenters. The lowest BCUT2D eigenvalue weighted by atomic mass is 10.1. The highest BCUT2D eigenvalue weighted by atomic mass is 79.9. The minimum absolute atomic E-state index is 0.533. The first-order valence-corrected chi connectivity index (χ1v) is 6.82. The first-order chi connectivity index (χ1) is 7.89. The molecule has 0 saturated carbocycles. The van der Waals surface area contributed by atoms with Crippen molar-refractivity contribution in [3.8, 4) is 5.75 Å². The zero-order valence-corrected chi connectivity index (χ0v) is 13.1. The van der Waals surface area contributed by atoms with Crippen molar-refractivity contribution < 1.29 is 9.47 Å². The van der Waals surface area contributed by atoms with Gasteiger partial charge in [-0.1, -0.05) is 0 Å². The fraction of sp³-hybridized carbons (Fsp3) is 0.417. The lowest BCUT2D eigenvalue weighted by Gasteiger charge is -2.33. The van der Waals surface area contributed by atoms with Gasteiger partial charge in [0.1, 0.15) is 5.75 Å². The summed E-state index contributed by atoms with van der Waals surface area (Å²) in [5, 5.41) is 0. The summed E-state index contributed by atoms with van der Waals surface area (Å²) in [6, 6.07) is 0. The summed E-state index contributed by atoms with van der Waals surface area (Å²) in [4.78, 5) is 4.34. The van der Waals surface area contributed by atoms with Crippen molar-refractivity contribution >= 4 is 37.9 Å². The lowest BCUT2D eigenvalue weighted by molar-refractivity contribution is -0.180. The second-order valence-electron chi connectivity index (χ2n) is 4.33. The molecule has 0 atom stereocenters. The lowest BCUT2D eigenvalue weighted by Crippen LogP contribution is -2.36. The molecule has 1 aromatic heterocycles. The molecule has 0 aromatic carbocycles. The van der Waals surface area contributed by atoms with E-state index in [-0.39, 0.29) is 0 Å². The molecule has 92 valence electrons. The molecule has 0 amide bonds. The predicted molar refractivity (Wildman–Crippen MR) is 74.3 cm³/mol. The molecule has 17 heavy (non-hydrogen) atoms. The van der Waals surface area contributed by atoms with Crippen LogP contribution in [0.5, 0.6) is 5.75 Å². The van der Waals surface area contributed by atoms with E-state index in [1.165, 1.54) is 0 Å². The van der Waals surface area contributed by atoms with E-state index in [1.54, 1.807) is 0 Å². The predicted octanol–water partition coefficient (Wildman–Crippen LogP) is 4.12. The topological polar surface area (TPSA) is 31.4 Å². The molecule has 2 heterocycles. The summed E-state index contributed by atoms with van der Waals surface area (Å²) in [6.45, 7) is 6.28. The van der Waals surface area contributed by atoms with Crippen LogP contribution in [0, 0.1) is 6.92 Å². The summed E-state index contributed by atoms with van der Waals surface area (Å²) in [7, 11) is 0. The van der Waals surface area contributed by atoms with E-state index in [2.05, 4.69) is 36.8 Å². The molecule has 0 bridgehead atoms. The highest BCUT2D eigenvalue weighted by Gasteiger charge is 2.30. The van der Waals surface area contributed by atoms with Crippen molar-refractivity contribution in [3.63, 3.8) is 0 Å². The number of hydrogen-bond donors (Lipinski definition) is 0. The van der Waals surface area contributed by atoms with Crippen LogP contribution in [0.4, 0.5) is 0 Å². The van der Waals surface area contributed by atoms with Crippen molar-refractivity contribution in [3.05, 3.63) is 26.4 Å². The Balaban J connectivity index is 2.52. The molecule has 3 nitrogen and oxygen atoms in total. The molecule has 0 radical (unpaired) electrons. The van der Waals surface area contributed by atoms with Gasteiger partial charge in [0.05, 0.1) is 15.7 Å². The fourth-order valence-electron chi connectivity index (χ4n) is 1.70. The van der Waals surface area contributed by atoms with Crippen LogP contribution in [0.3, 0.4) is 0 Å². The number of fused-ring (bicyclic) bond motifs is 1. The van der Waals surface area contributed by atoms with Crippen molar-refractivity contribution in [1.29, 1.82) is 0 Å². The average molecular weight is 363 g/mol. The Morgan fingerprint density at radius 1 is 1.47 bits per heavy atom. The second-order valence-corrected chi connectivity index (χ2v) is 7.10. The van der Waals surface area contributed by atoms with E-state index in [9.17, 15) is 0 Å². The Morgan fingerprint density at radius 3 is 2.82 bits per heavy atom. The Bertz CT molecular complexity index is 480. The number of aryl methyl sites for hydroxylation is 1. The quantitative estimate of drug-likeness (QED) is 0.752. The molecule has 0 saturated heterocycles. The van der Waals surface area contributed by atoms with E-state index in [4.69, 9.17) is 9.47 Å². The zero-order valence-electron chi connectivity index (χ0n) is 9.88. The van der Waals surface area contributed by atoms with Gasteiger partial charge < -0.3 is 9.47 Å². The molecule has 1 aromatic rings. The molecule has 5 heteroatoms.